The van der Waals surface area contributed by atoms with E-state index in [4.69, 9.17) is 0 Å². The predicted octanol–water partition coefficient (Wildman–Crippen LogP) is 2.87. The lowest BCUT2D eigenvalue weighted by Gasteiger charge is -2.31. The summed E-state index contributed by atoms with van der Waals surface area (Å²) < 4.78 is 0. The molecule has 2 aromatic rings. The minimum absolute atomic E-state index is 0.0272. The van der Waals surface area contributed by atoms with Crippen molar-refractivity contribution in [3.05, 3.63) is 65.0 Å². The van der Waals surface area contributed by atoms with E-state index in [0.717, 1.165) is 16.7 Å². The average molecular weight is 351 g/mol. The second kappa shape index (κ2) is 8.13. The third-order valence-electron chi connectivity index (χ3n) is 5.12. The Hall–Kier alpha value is -2.69. The first kappa shape index (κ1) is 18.1. The lowest BCUT2D eigenvalue weighted by molar-refractivity contribution is -0.126. The monoisotopic (exact) mass is 351 g/mol. The quantitative estimate of drug-likeness (QED) is 0.921. The minimum Gasteiger partial charge on any atom is -0.352 e. The molecule has 2 heterocycles. The van der Waals surface area contributed by atoms with Crippen molar-refractivity contribution in [2.45, 2.75) is 33.2 Å². The zero-order valence-electron chi connectivity index (χ0n) is 15.4. The van der Waals surface area contributed by atoms with Gasteiger partial charge in [-0.25, -0.2) is 0 Å². The number of hydrogen-bond donors (Lipinski definition) is 1. The van der Waals surface area contributed by atoms with Crippen molar-refractivity contribution in [2.75, 3.05) is 13.1 Å². The molecule has 1 aromatic heterocycles. The number of benzene rings is 1. The topological polar surface area (TPSA) is 62.3 Å². The molecule has 1 saturated heterocycles. The highest BCUT2D eigenvalue weighted by molar-refractivity contribution is 5.94. The van der Waals surface area contributed by atoms with E-state index in [1.807, 2.05) is 49.1 Å². The number of carbonyl (C=O) groups is 2. The Morgan fingerprint density at radius 3 is 2.42 bits per heavy atom. The van der Waals surface area contributed by atoms with Gasteiger partial charge in [0, 0.05) is 43.5 Å². The van der Waals surface area contributed by atoms with E-state index in [-0.39, 0.29) is 17.7 Å². The number of rotatable bonds is 4. The van der Waals surface area contributed by atoms with E-state index in [1.165, 1.54) is 5.56 Å². The summed E-state index contributed by atoms with van der Waals surface area (Å²) in [7, 11) is 0. The summed E-state index contributed by atoms with van der Waals surface area (Å²) in [5.41, 5.74) is 4.08. The number of hydrogen-bond acceptors (Lipinski definition) is 3. The second-order valence-corrected chi connectivity index (χ2v) is 6.94. The molecule has 0 unspecified atom stereocenters. The van der Waals surface area contributed by atoms with Crippen LogP contribution in [0.2, 0.25) is 0 Å². The van der Waals surface area contributed by atoms with E-state index in [0.29, 0.717) is 32.5 Å². The fourth-order valence-electron chi connectivity index (χ4n) is 3.24. The van der Waals surface area contributed by atoms with Crippen molar-refractivity contribution >= 4 is 11.8 Å². The maximum atomic E-state index is 12.7. The number of pyridine rings is 1. The molecule has 5 nitrogen and oxygen atoms in total. The highest BCUT2D eigenvalue weighted by Crippen LogP contribution is 2.20. The molecule has 5 heteroatoms. The van der Waals surface area contributed by atoms with Crippen molar-refractivity contribution in [3.63, 3.8) is 0 Å². The number of nitrogens with zero attached hydrogens (tertiary/aromatic N) is 2. The maximum Gasteiger partial charge on any atom is 0.253 e. The van der Waals surface area contributed by atoms with Gasteiger partial charge in [0.2, 0.25) is 5.91 Å². The van der Waals surface area contributed by atoms with Gasteiger partial charge in [-0.2, -0.15) is 0 Å². The van der Waals surface area contributed by atoms with Gasteiger partial charge in [-0.3, -0.25) is 14.6 Å². The third kappa shape index (κ3) is 4.28. The summed E-state index contributed by atoms with van der Waals surface area (Å²) >= 11 is 0. The molecule has 0 bridgehead atoms. The van der Waals surface area contributed by atoms with E-state index >= 15 is 0 Å². The zero-order chi connectivity index (χ0) is 18.5. The molecule has 0 saturated carbocycles. The van der Waals surface area contributed by atoms with Crippen LogP contribution in [0.5, 0.6) is 0 Å². The highest BCUT2D eigenvalue weighted by Gasteiger charge is 2.27. The summed E-state index contributed by atoms with van der Waals surface area (Å²) in [6.45, 7) is 5.83. The molecule has 1 aliphatic heterocycles. The number of aryl methyl sites for hydroxylation is 2. The van der Waals surface area contributed by atoms with Crippen LogP contribution in [0, 0.1) is 19.8 Å². The first-order valence-corrected chi connectivity index (χ1v) is 9.08. The first-order valence-electron chi connectivity index (χ1n) is 9.08. The van der Waals surface area contributed by atoms with Crippen LogP contribution in [-0.4, -0.2) is 34.8 Å². The highest BCUT2D eigenvalue weighted by atomic mass is 16.2. The number of carbonyl (C=O) groups excluding carboxylic acids is 2. The summed E-state index contributed by atoms with van der Waals surface area (Å²) in [6.07, 6.45) is 4.86. The molecule has 3 rings (SSSR count). The molecule has 0 spiro atoms. The largest absolute Gasteiger partial charge is 0.352 e. The summed E-state index contributed by atoms with van der Waals surface area (Å²) in [4.78, 5) is 30.9. The van der Waals surface area contributed by atoms with Crippen LogP contribution in [0.25, 0.3) is 0 Å². The molecule has 26 heavy (non-hydrogen) atoms. The van der Waals surface area contributed by atoms with Gasteiger partial charge in [0.1, 0.15) is 0 Å². The molecule has 0 radical (unpaired) electrons. The zero-order valence-corrected chi connectivity index (χ0v) is 15.4. The van der Waals surface area contributed by atoms with Crippen molar-refractivity contribution in [2.24, 2.45) is 5.92 Å². The van der Waals surface area contributed by atoms with Crippen LogP contribution in [0.4, 0.5) is 0 Å². The van der Waals surface area contributed by atoms with Gasteiger partial charge in [-0.15, -0.1) is 0 Å². The molecular weight excluding hydrogens is 326 g/mol. The fourth-order valence-corrected chi connectivity index (χ4v) is 3.24. The van der Waals surface area contributed by atoms with Crippen molar-refractivity contribution < 1.29 is 9.59 Å². The van der Waals surface area contributed by atoms with Gasteiger partial charge in [-0.05, 0) is 67.6 Å². The van der Waals surface area contributed by atoms with Crippen molar-refractivity contribution in [1.82, 2.24) is 15.2 Å². The maximum absolute atomic E-state index is 12.7. The molecule has 0 atom stereocenters. The van der Waals surface area contributed by atoms with Crippen LogP contribution < -0.4 is 5.32 Å². The normalized spacial score (nSPS) is 14.9. The number of amides is 2. The molecule has 1 N–H and O–H groups in total. The van der Waals surface area contributed by atoms with E-state index in [1.54, 1.807) is 12.4 Å². The van der Waals surface area contributed by atoms with Gasteiger partial charge >= 0.3 is 0 Å². The number of likely N-dealkylation sites (tertiary alicyclic amines) is 1. The fraction of sp³-hybridized carbons (Fsp3) is 0.381. The number of nitrogens with one attached hydrogen (secondary N) is 1. The average Bonchev–Trinajstić information content (AvgIpc) is 2.68. The van der Waals surface area contributed by atoms with Gasteiger partial charge in [0.25, 0.3) is 5.91 Å². The van der Waals surface area contributed by atoms with Gasteiger partial charge in [-0.1, -0.05) is 6.07 Å². The Kier molecular flexibility index (Phi) is 5.66. The predicted molar refractivity (Wildman–Crippen MR) is 101 cm³/mol. The molecule has 1 aromatic carbocycles. The van der Waals surface area contributed by atoms with Crippen LogP contribution in [-0.2, 0) is 11.3 Å². The van der Waals surface area contributed by atoms with Crippen LogP contribution in [0.3, 0.4) is 0 Å². The Balaban J connectivity index is 1.51. The van der Waals surface area contributed by atoms with Crippen LogP contribution >= 0.6 is 0 Å². The summed E-state index contributed by atoms with van der Waals surface area (Å²) in [5, 5.41) is 2.99. The molecule has 2 amide bonds. The Labute approximate surface area is 154 Å². The molecular formula is C21H25N3O2. The van der Waals surface area contributed by atoms with Gasteiger partial charge in [0.05, 0.1) is 0 Å². The molecule has 0 aliphatic carbocycles. The minimum atomic E-state index is -0.0272. The van der Waals surface area contributed by atoms with E-state index < -0.39 is 0 Å². The molecule has 1 aliphatic rings. The Morgan fingerprint density at radius 1 is 1.08 bits per heavy atom. The van der Waals surface area contributed by atoms with Crippen LogP contribution in [0.1, 0.15) is 39.9 Å². The van der Waals surface area contributed by atoms with E-state index in [9.17, 15) is 9.59 Å². The van der Waals surface area contributed by atoms with Crippen molar-refractivity contribution in [3.8, 4) is 0 Å². The standard InChI is InChI=1S/C21H25N3O2/c1-15-3-4-19(13-16(15)2)21(26)24-11-7-18(8-12-24)20(25)23-14-17-5-9-22-10-6-17/h3-6,9-10,13,18H,7-8,11-12,14H2,1-2H3,(H,23,25). The summed E-state index contributed by atoms with van der Waals surface area (Å²) in [5.74, 6) is 0.101. The lowest BCUT2D eigenvalue weighted by Crippen LogP contribution is -2.43. The smallest absolute Gasteiger partial charge is 0.253 e. The Morgan fingerprint density at radius 2 is 1.77 bits per heavy atom. The molecule has 136 valence electrons. The second-order valence-electron chi connectivity index (χ2n) is 6.94. The lowest BCUT2D eigenvalue weighted by atomic mass is 9.95. The number of aromatic nitrogens is 1. The SMILES string of the molecule is Cc1ccc(C(=O)N2CCC(C(=O)NCc3ccncc3)CC2)cc1C. The Bertz CT molecular complexity index is 781. The van der Waals surface area contributed by atoms with Gasteiger partial charge < -0.3 is 10.2 Å². The van der Waals surface area contributed by atoms with Crippen molar-refractivity contribution in [1.29, 1.82) is 0 Å². The summed E-state index contributed by atoms with van der Waals surface area (Å²) in [6, 6.07) is 9.61. The number of piperidine rings is 1. The van der Waals surface area contributed by atoms with E-state index in [2.05, 4.69) is 10.3 Å². The van der Waals surface area contributed by atoms with Crippen LogP contribution in [0.15, 0.2) is 42.7 Å². The third-order valence-corrected chi connectivity index (χ3v) is 5.12. The first-order chi connectivity index (χ1) is 12.5. The van der Waals surface area contributed by atoms with Gasteiger partial charge in [0.15, 0.2) is 0 Å². The molecule has 1 fully saturated rings.